The van der Waals surface area contributed by atoms with Crippen molar-refractivity contribution in [2.75, 3.05) is 6.26 Å². The molecule has 0 spiro atoms. The summed E-state index contributed by atoms with van der Waals surface area (Å²) in [6.45, 7) is 1.80. The summed E-state index contributed by atoms with van der Waals surface area (Å²) in [5.41, 5.74) is 6.76. The number of rotatable bonds is 7. The summed E-state index contributed by atoms with van der Waals surface area (Å²) in [7, 11) is -3.27. The fourth-order valence-corrected chi connectivity index (χ4v) is 3.31. The normalized spacial score (nSPS) is 13.4. The minimum absolute atomic E-state index is 0.0265. The highest BCUT2D eigenvalue weighted by Crippen LogP contribution is 2.19. The number of hydrogen-bond donors (Lipinski definition) is 3. The first kappa shape index (κ1) is 20.4. The van der Waals surface area contributed by atoms with Crippen LogP contribution < -0.4 is 16.4 Å². The average Bonchev–Trinajstić information content (AvgIpc) is 2.61. The van der Waals surface area contributed by atoms with Gasteiger partial charge in [0.05, 0.1) is 23.4 Å². The molecule has 2 aromatic carbocycles. The molecule has 2 aromatic rings. The van der Waals surface area contributed by atoms with Gasteiger partial charge in [0.2, 0.25) is 5.91 Å². The van der Waals surface area contributed by atoms with Crippen molar-refractivity contribution in [3.05, 3.63) is 65.7 Å². The number of sulfone groups is 1. The molecule has 0 aromatic heterocycles. The van der Waals surface area contributed by atoms with E-state index in [2.05, 4.69) is 10.6 Å². The molecule has 2 atom stereocenters. The molecule has 0 aliphatic rings. The van der Waals surface area contributed by atoms with Crippen LogP contribution in [0.3, 0.4) is 0 Å². The van der Waals surface area contributed by atoms with E-state index in [1.54, 1.807) is 31.2 Å². The zero-order valence-corrected chi connectivity index (χ0v) is 16.0. The Bertz CT molecular complexity index is 896. The Kier molecular flexibility index (Phi) is 6.57. The summed E-state index contributed by atoms with van der Waals surface area (Å²) in [6, 6.07) is 13.9. The molecule has 0 bridgehead atoms. The van der Waals surface area contributed by atoms with Crippen LogP contribution in [0.15, 0.2) is 59.5 Å². The fraction of sp³-hybridized carbons (Fsp3) is 0.263. The first-order chi connectivity index (χ1) is 12.7. The molecule has 144 valence electrons. The van der Waals surface area contributed by atoms with Crippen molar-refractivity contribution in [2.45, 2.75) is 30.3 Å². The predicted molar refractivity (Wildman–Crippen MR) is 103 cm³/mol. The van der Waals surface area contributed by atoms with Gasteiger partial charge in [-0.25, -0.2) is 13.2 Å². The number of carbonyl (C=O) groups excluding carboxylic acids is 2. The van der Waals surface area contributed by atoms with Gasteiger partial charge in [-0.15, -0.1) is 0 Å². The maximum Gasteiger partial charge on any atom is 0.312 e. The van der Waals surface area contributed by atoms with Crippen molar-refractivity contribution in [2.24, 2.45) is 5.73 Å². The molecule has 0 heterocycles. The molecule has 0 radical (unpaired) electrons. The van der Waals surface area contributed by atoms with Gasteiger partial charge in [-0.3, -0.25) is 4.79 Å². The number of benzene rings is 2. The number of nitrogens with one attached hydrogen (secondary N) is 2. The van der Waals surface area contributed by atoms with Crippen LogP contribution in [0.2, 0.25) is 0 Å². The standard InChI is InChI=1S/C19H23N3O4S/c1-13(14-8-10-16(11-9-14)27(2,25)26)21-18(23)12-17(22-19(20)24)15-6-4-3-5-7-15/h3-11,13,17H,12H2,1-2H3,(H,21,23)(H3,20,22,24)/t13-,17+/m1/s1. The van der Waals surface area contributed by atoms with E-state index in [-0.39, 0.29) is 23.3 Å². The van der Waals surface area contributed by atoms with Gasteiger partial charge in [0, 0.05) is 6.26 Å². The van der Waals surface area contributed by atoms with Crippen molar-refractivity contribution in [1.29, 1.82) is 0 Å². The first-order valence-corrected chi connectivity index (χ1v) is 10.3. The van der Waals surface area contributed by atoms with E-state index >= 15 is 0 Å². The highest BCUT2D eigenvalue weighted by atomic mass is 32.2. The molecular weight excluding hydrogens is 366 g/mol. The topological polar surface area (TPSA) is 118 Å². The number of nitrogens with two attached hydrogens (primary N) is 1. The second kappa shape index (κ2) is 8.68. The molecule has 8 heteroatoms. The van der Waals surface area contributed by atoms with Gasteiger partial charge in [0.25, 0.3) is 0 Å². The Morgan fingerprint density at radius 1 is 0.963 bits per heavy atom. The second-order valence-corrected chi connectivity index (χ2v) is 8.32. The monoisotopic (exact) mass is 389 g/mol. The lowest BCUT2D eigenvalue weighted by Crippen LogP contribution is -2.37. The largest absolute Gasteiger partial charge is 0.352 e. The molecule has 0 aliphatic carbocycles. The predicted octanol–water partition coefficient (Wildman–Crippen LogP) is 2.07. The van der Waals surface area contributed by atoms with Gasteiger partial charge in [-0.2, -0.15) is 0 Å². The highest BCUT2D eigenvalue weighted by Gasteiger charge is 2.19. The minimum Gasteiger partial charge on any atom is -0.352 e. The second-order valence-electron chi connectivity index (χ2n) is 6.31. The summed E-state index contributed by atoms with van der Waals surface area (Å²) >= 11 is 0. The van der Waals surface area contributed by atoms with E-state index in [0.29, 0.717) is 0 Å². The maximum absolute atomic E-state index is 12.4. The number of carbonyl (C=O) groups is 2. The Morgan fingerprint density at radius 3 is 2.07 bits per heavy atom. The lowest BCUT2D eigenvalue weighted by Gasteiger charge is -2.20. The molecule has 0 aliphatic heterocycles. The molecule has 3 amide bonds. The number of urea groups is 1. The van der Waals surface area contributed by atoms with Crippen molar-refractivity contribution in [1.82, 2.24) is 10.6 Å². The van der Waals surface area contributed by atoms with E-state index < -0.39 is 21.9 Å². The van der Waals surface area contributed by atoms with Crippen LogP contribution in [0.4, 0.5) is 4.79 Å². The zero-order valence-electron chi connectivity index (χ0n) is 15.2. The quantitative estimate of drug-likeness (QED) is 0.672. The third-order valence-electron chi connectivity index (χ3n) is 4.09. The summed E-state index contributed by atoms with van der Waals surface area (Å²) in [4.78, 5) is 23.9. The van der Waals surface area contributed by atoms with Gasteiger partial charge in [-0.1, -0.05) is 42.5 Å². The van der Waals surface area contributed by atoms with E-state index in [1.807, 2.05) is 18.2 Å². The van der Waals surface area contributed by atoms with E-state index in [9.17, 15) is 18.0 Å². The van der Waals surface area contributed by atoms with E-state index in [4.69, 9.17) is 5.73 Å². The van der Waals surface area contributed by atoms with Crippen LogP contribution >= 0.6 is 0 Å². The Morgan fingerprint density at radius 2 is 1.56 bits per heavy atom. The molecule has 0 unspecified atom stereocenters. The molecule has 0 fully saturated rings. The van der Waals surface area contributed by atoms with Crippen LogP contribution in [0.1, 0.15) is 36.6 Å². The van der Waals surface area contributed by atoms with Crippen LogP contribution in [-0.4, -0.2) is 26.6 Å². The molecular formula is C19H23N3O4S. The number of primary amides is 1. The third-order valence-corrected chi connectivity index (χ3v) is 5.22. The highest BCUT2D eigenvalue weighted by molar-refractivity contribution is 7.90. The average molecular weight is 389 g/mol. The third kappa shape index (κ3) is 6.10. The fourth-order valence-electron chi connectivity index (χ4n) is 2.68. The summed E-state index contributed by atoms with van der Waals surface area (Å²) in [5.74, 6) is -0.266. The van der Waals surface area contributed by atoms with Crippen molar-refractivity contribution in [3.63, 3.8) is 0 Å². The molecule has 4 N–H and O–H groups in total. The summed E-state index contributed by atoms with van der Waals surface area (Å²) in [6.07, 6.45) is 1.17. The van der Waals surface area contributed by atoms with Crippen LogP contribution in [0.25, 0.3) is 0 Å². The SMILES string of the molecule is C[C@@H](NC(=O)C[C@H](NC(N)=O)c1ccccc1)c1ccc(S(C)(=O)=O)cc1. The van der Waals surface area contributed by atoms with Gasteiger partial charge in [0.15, 0.2) is 9.84 Å². The molecule has 0 saturated carbocycles. The van der Waals surface area contributed by atoms with Crippen LogP contribution in [0.5, 0.6) is 0 Å². The van der Waals surface area contributed by atoms with Gasteiger partial charge in [0.1, 0.15) is 0 Å². The Hall–Kier alpha value is -2.87. The van der Waals surface area contributed by atoms with Gasteiger partial charge in [-0.05, 0) is 30.2 Å². The van der Waals surface area contributed by atoms with Crippen LogP contribution in [0, 0.1) is 0 Å². The van der Waals surface area contributed by atoms with E-state index in [0.717, 1.165) is 17.4 Å². The zero-order chi connectivity index (χ0) is 20.0. The van der Waals surface area contributed by atoms with Crippen LogP contribution in [-0.2, 0) is 14.6 Å². The van der Waals surface area contributed by atoms with Crippen molar-refractivity contribution < 1.29 is 18.0 Å². The lowest BCUT2D eigenvalue weighted by atomic mass is 10.0. The molecule has 27 heavy (non-hydrogen) atoms. The lowest BCUT2D eigenvalue weighted by molar-refractivity contribution is -0.122. The van der Waals surface area contributed by atoms with E-state index in [1.165, 1.54) is 12.1 Å². The maximum atomic E-state index is 12.4. The Balaban J connectivity index is 2.05. The summed E-state index contributed by atoms with van der Waals surface area (Å²) in [5, 5.41) is 5.42. The van der Waals surface area contributed by atoms with Gasteiger partial charge < -0.3 is 16.4 Å². The smallest absolute Gasteiger partial charge is 0.312 e. The number of hydrogen-bond acceptors (Lipinski definition) is 4. The number of amides is 3. The van der Waals surface area contributed by atoms with Gasteiger partial charge >= 0.3 is 6.03 Å². The molecule has 2 rings (SSSR count). The van der Waals surface area contributed by atoms with Crippen molar-refractivity contribution in [3.8, 4) is 0 Å². The summed E-state index contributed by atoms with van der Waals surface area (Å²) < 4.78 is 23.0. The minimum atomic E-state index is -3.27. The van der Waals surface area contributed by atoms with Crippen molar-refractivity contribution >= 4 is 21.8 Å². The first-order valence-electron chi connectivity index (χ1n) is 8.37. The molecule has 0 saturated heterocycles. The Labute approximate surface area is 158 Å². The molecule has 7 nitrogen and oxygen atoms in total.